The SMILES string of the molecule is O=P1(OCCOCCOP2(=O)Oc3ccccc3-c3ccccc32)Oc2ccccc2-c2ccccc21. The molecular formula is C28H24O7P2. The van der Waals surface area contributed by atoms with Crippen LogP contribution in [0.3, 0.4) is 0 Å². The Balaban J connectivity index is 1.04. The number of fused-ring (bicyclic) bond motifs is 6. The Labute approximate surface area is 215 Å². The quantitative estimate of drug-likeness (QED) is 0.197. The molecule has 2 unspecified atom stereocenters. The van der Waals surface area contributed by atoms with Crippen molar-refractivity contribution < 1.29 is 32.0 Å². The van der Waals surface area contributed by atoms with Gasteiger partial charge in [-0.25, -0.2) is 9.13 Å². The highest BCUT2D eigenvalue weighted by atomic mass is 31.2. The molecule has 37 heavy (non-hydrogen) atoms. The van der Waals surface area contributed by atoms with E-state index in [4.69, 9.17) is 22.8 Å². The van der Waals surface area contributed by atoms with Gasteiger partial charge < -0.3 is 13.8 Å². The standard InChI is InChI=1S/C28H24O7P2/c29-36(27-15-7-3-11-23(27)21-9-1-5-13-25(21)34-36)32-19-17-31-18-20-33-37(30)28-16-8-4-12-24(28)22-10-2-6-14-26(22)35-37/h1-16H,17-20H2. The minimum absolute atomic E-state index is 0.0537. The van der Waals surface area contributed by atoms with E-state index in [1.807, 2.05) is 72.8 Å². The lowest BCUT2D eigenvalue weighted by molar-refractivity contribution is 0.0730. The molecule has 0 bridgehead atoms. The average molecular weight is 534 g/mol. The highest BCUT2D eigenvalue weighted by molar-refractivity contribution is 7.63. The maximum Gasteiger partial charge on any atom is 0.411 e. The van der Waals surface area contributed by atoms with Gasteiger partial charge in [-0.2, -0.15) is 0 Å². The van der Waals surface area contributed by atoms with Crippen molar-refractivity contribution in [2.75, 3.05) is 26.4 Å². The normalized spacial score (nSPS) is 21.0. The van der Waals surface area contributed by atoms with Crippen LogP contribution in [0.25, 0.3) is 22.3 Å². The molecule has 0 spiro atoms. The van der Waals surface area contributed by atoms with Crippen LogP contribution in [0.4, 0.5) is 0 Å². The average Bonchev–Trinajstić information content (AvgIpc) is 2.93. The summed E-state index contributed by atoms with van der Waals surface area (Å²) in [5.74, 6) is 1.05. The summed E-state index contributed by atoms with van der Waals surface area (Å²) in [5, 5.41) is 1.06. The van der Waals surface area contributed by atoms with Gasteiger partial charge in [-0.1, -0.05) is 72.8 Å². The molecule has 4 aromatic carbocycles. The van der Waals surface area contributed by atoms with Crippen molar-refractivity contribution in [1.29, 1.82) is 0 Å². The Bertz CT molecular complexity index is 1440. The van der Waals surface area contributed by atoms with E-state index in [1.165, 1.54) is 0 Å². The summed E-state index contributed by atoms with van der Waals surface area (Å²) in [6.07, 6.45) is 0. The summed E-state index contributed by atoms with van der Waals surface area (Å²) in [6, 6.07) is 29.7. The largest absolute Gasteiger partial charge is 0.421 e. The van der Waals surface area contributed by atoms with Gasteiger partial charge in [0.05, 0.1) is 37.0 Å². The van der Waals surface area contributed by atoms with Crippen molar-refractivity contribution in [3.8, 4) is 33.8 Å². The second kappa shape index (κ2) is 9.94. The first-order valence-electron chi connectivity index (χ1n) is 11.9. The first kappa shape index (κ1) is 24.2. The lowest BCUT2D eigenvalue weighted by Gasteiger charge is -2.28. The Morgan fingerprint density at radius 2 is 0.865 bits per heavy atom. The summed E-state index contributed by atoms with van der Waals surface area (Å²) in [4.78, 5) is 0. The lowest BCUT2D eigenvalue weighted by Crippen LogP contribution is -2.21. The molecule has 0 amide bonds. The first-order valence-corrected chi connectivity index (χ1v) is 15.0. The van der Waals surface area contributed by atoms with Crippen LogP contribution in [-0.4, -0.2) is 26.4 Å². The van der Waals surface area contributed by atoms with E-state index in [1.54, 1.807) is 24.3 Å². The van der Waals surface area contributed by atoms with Gasteiger partial charge in [-0.15, -0.1) is 0 Å². The Kier molecular flexibility index (Phi) is 6.49. The minimum atomic E-state index is -3.57. The number of hydrogen-bond acceptors (Lipinski definition) is 7. The molecule has 188 valence electrons. The molecule has 2 aliphatic rings. The van der Waals surface area contributed by atoms with Gasteiger partial charge in [0, 0.05) is 22.3 Å². The van der Waals surface area contributed by atoms with E-state index < -0.39 is 15.2 Å². The van der Waals surface area contributed by atoms with Crippen molar-refractivity contribution in [2.24, 2.45) is 0 Å². The highest BCUT2D eigenvalue weighted by Crippen LogP contribution is 2.56. The van der Waals surface area contributed by atoms with Crippen molar-refractivity contribution in [3.05, 3.63) is 97.1 Å². The van der Waals surface area contributed by atoms with Crippen LogP contribution in [-0.2, 0) is 22.9 Å². The summed E-state index contributed by atoms with van der Waals surface area (Å²) < 4.78 is 56.0. The zero-order chi connectivity index (χ0) is 25.3. The molecule has 2 heterocycles. The summed E-state index contributed by atoms with van der Waals surface area (Å²) in [5.41, 5.74) is 3.43. The van der Waals surface area contributed by atoms with Gasteiger partial charge >= 0.3 is 15.2 Å². The third-order valence-electron chi connectivity index (χ3n) is 6.17. The Morgan fingerprint density at radius 3 is 1.32 bits per heavy atom. The molecule has 0 aromatic heterocycles. The van der Waals surface area contributed by atoms with E-state index in [9.17, 15) is 9.13 Å². The van der Waals surface area contributed by atoms with Gasteiger partial charge in [0.25, 0.3) is 0 Å². The van der Waals surface area contributed by atoms with Crippen molar-refractivity contribution in [2.45, 2.75) is 0 Å². The molecule has 0 aliphatic carbocycles. The van der Waals surface area contributed by atoms with Crippen LogP contribution in [0.5, 0.6) is 11.5 Å². The molecule has 4 aromatic rings. The van der Waals surface area contributed by atoms with Crippen LogP contribution < -0.4 is 19.7 Å². The van der Waals surface area contributed by atoms with Gasteiger partial charge in [0.2, 0.25) is 0 Å². The highest BCUT2D eigenvalue weighted by Gasteiger charge is 2.38. The van der Waals surface area contributed by atoms with Crippen molar-refractivity contribution >= 4 is 25.8 Å². The van der Waals surface area contributed by atoms with E-state index in [2.05, 4.69) is 0 Å². The molecule has 6 rings (SSSR count). The van der Waals surface area contributed by atoms with Crippen LogP contribution in [0.15, 0.2) is 97.1 Å². The van der Waals surface area contributed by atoms with Gasteiger partial charge in [-0.05, 0) is 24.3 Å². The fourth-order valence-electron chi connectivity index (χ4n) is 4.50. The molecule has 7 nitrogen and oxygen atoms in total. The van der Waals surface area contributed by atoms with Crippen molar-refractivity contribution in [1.82, 2.24) is 0 Å². The van der Waals surface area contributed by atoms with E-state index >= 15 is 0 Å². The summed E-state index contributed by atoms with van der Waals surface area (Å²) >= 11 is 0. The Hall–Kier alpha value is -3.18. The molecule has 0 radical (unpaired) electrons. The number of benzene rings is 4. The fourth-order valence-corrected chi connectivity index (χ4v) is 8.07. The van der Waals surface area contributed by atoms with Crippen molar-refractivity contribution in [3.63, 3.8) is 0 Å². The van der Waals surface area contributed by atoms with Crippen LogP contribution in [0, 0.1) is 0 Å². The second-order valence-electron chi connectivity index (χ2n) is 8.48. The van der Waals surface area contributed by atoms with Gasteiger partial charge in [-0.3, -0.25) is 9.05 Å². The van der Waals surface area contributed by atoms with E-state index in [-0.39, 0.29) is 26.4 Å². The summed E-state index contributed by atoms with van der Waals surface area (Å²) in [6.45, 7) is 0.423. The van der Waals surface area contributed by atoms with Crippen LogP contribution in [0.2, 0.25) is 0 Å². The van der Waals surface area contributed by atoms with Crippen LogP contribution >= 0.6 is 15.2 Å². The number of ether oxygens (including phenoxy) is 1. The molecule has 9 heteroatoms. The smallest absolute Gasteiger partial charge is 0.411 e. The number of rotatable bonds is 8. The predicted octanol–water partition coefficient (Wildman–Crippen LogP) is 6.19. The zero-order valence-electron chi connectivity index (χ0n) is 19.8. The van der Waals surface area contributed by atoms with Gasteiger partial charge in [0.15, 0.2) is 0 Å². The zero-order valence-corrected chi connectivity index (χ0v) is 21.6. The topological polar surface area (TPSA) is 80.3 Å². The maximum atomic E-state index is 13.6. The predicted molar refractivity (Wildman–Crippen MR) is 142 cm³/mol. The monoisotopic (exact) mass is 534 g/mol. The Morgan fingerprint density at radius 1 is 0.486 bits per heavy atom. The van der Waals surface area contributed by atoms with E-state index in [0.29, 0.717) is 22.1 Å². The molecule has 0 saturated heterocycles. The second-order valence-corrected chi connectivity index (χ2v) is 12.3. The minimum Gasteiger partial charge on any atom is -0.421 e. The first-order chi connectivity index (χ1) is 18.1. The molecule has 0 N–H and O–H groups in total. The molecule has 2 aliphatic heterocycles. The molecule has 0 saturated carbocycles. The maximum absolute atomic E-state index is 13.6. The van der Waals surface area contributed by atoms with E-state index in [0.717, 1.165) is 22.3 Å². The third kappa shape index (κ3) is 4.54. The number of hydrogen-bond donors (Lipinski definition) is 0. The fraction of sp³-hybridized carbons (Fsp3) is 0.143. The number of para-hydroxylation sites is 2. The molecular weight excluding hydrogens is 510 g/mol. The van der Waals surface area contributed by atoms with Gasteiger partial charge in [0.1, 0.15) is 11.5 Å². The molecule has 0 fully saturated rings. The third-order valence-corrected chi connectivity index (χ3v) is 10.0. The summed E-state index contributed by atoms with van der Waals surface area (Å²) in [7, 11) is -7.14. The molecule has 2 atom stereocenters. The lowest BCUT2D eigenvalue weighted by atomic mass is 10.0. The van der Waals surface area contributed by atoms with Crippen LogP contribution in [0.1, 0.15) is 0 Å².